The lowest BCUT2D eigenvalue weighted by Gasteiger charge is -2.02. The van der Waals surface area contributed by atoms with Crippen molar-refractivity contribution >= 4 is 5.82 Å². The Morgan fingerprint density at radius 2 is 2.29 bits per heavy atom. The third-order valence-corrected chi connectivity index (χ3v) is 1.57. The number of alkyl halides is 2. The van der Waals surface area contributed by atoms with Crippen LogP contribution in [0.15, 0.2) is 18.3 Å². The van der Waals surface area contributed by atoms with Crippen molar-refractivity contribution in [1.82, 2.24) is 4.98 Å². The molecule has 0 unspecified atom stereocenters. The molecule has 2 nitrogen and oxygen atoms in total. The molecule has 0 saturated heterocycles. The zero-order chi connectivity index (χ0) is 10.4. The van der Waals surface area contributed by atoms with Gasteiger partial charge in [0.1, 0.15) is 5.82 Å². The Hall–Kier alpha value is -1.63. The maximum absolute atomic E-state index is 12.1. The van der Waals surface area contributed by atoms with E-state index in [2.05, 4.69) is 22.1 Å². The monoisotopic (exact) mass is 196 g/mol. The highest BCUT2D eigenvalue weighted by atomic mass is 19.3. The van der Waals surface area contributed by atoms with Gasteiger partial charge in [0, 0.05) is 11.8 Å². The summed E-state index contributed by atoms with van der Waals surface area (Å²) in [6.45, 7) is 2.20. The van der Waals surface area contributed by atoms with Gasteiger partial charge in [-0.3, -0.25) is 0 Å². The molecule has 0 saturated carbocycles. The highest BCUT2D eigenvalue weighted by molar-refractivity contribution is 5.37. The lowest BCUT2D eigenvalue weighted by Crippen LogP contribution is -2.00. The fourth-order valence-corrected chi connectivity index (χ4v) is 0.862. The quantitative estimate of drug-likeness (QED) is 0.751. The van der Waals surface area contributed by atoms with Gasteiger partial charge in [0.2, 0.25) is 0 Å². The molecule has 0 radical (unpaired) electrons. The summed E-state index contributed by atoms with van der Waals surface area (Å²) in [6, 6.07) is 2.86. The molecule has 1 heterocycles. The Kier molecular flexibility index (Phi) is 3.86. The van der Waals surface area contributed by atoms with Crippen molar-refractivity contribution in [2.45, 2.75) is 13.3 Å². The normalized spacial score (nSPS) is 9.43. The van der Waals surface area contributed by atoms with Crippen LogP contribution in [-0.2, 0) is 0 Å². The van der Waals surface area contributed by atoms with Gasteiger partial charge >= 0.3 is 0 Å². The highest BCUT2D eigenvalue weighted by Gasteiger charge is 2.05. The van der Waals surface area contributed by atoms with Crippen LogP contribution >= 0.6 is 0 Å². The number of hydrogen-bond donors (Lipinski definition) is 1. The summed E-state index contributed by atoms with van der Waals surface area (Å²) < 4.78 is 24.2. The summed E-state index contributed by atoms with van der Waals surface area (Å²) >= 11 is 0. The van der Waals surface area contributed by atoms with Crippen molar-refractivity contribution < 1.29 is 8.78 Å². The molecular weight excluding hydrogens is 186 g/mol. The fraction of sp³-hybridized carbons (Fsp3) is 0.300. The van der Waals surface area contributed by atoms with Crippen molar-refractivity contribution in [3.8, 4) is 11.8 Å². The Morgan fingerprint density at radius 3 is 2.79 bits per heavy atom. The smallest absolute Gasteiger partial charge is 0.265 e. The molecule has 0 aliphatic carbocycles. The van der Waals surface area contributed by atoms with E-state index in [9.17, 15) is 8.78 Å². The predicted octanol–water partition coefficient (Wildman–Crippen LogP) is 2.45. The van der Waals surface area contributed by atoms with Crippen LogP contribution in [0.5, 0.6) is 0 Å². The zero-order valence-electron chi connectivity index (χ0n) is 7.72. The third-order valence-electron chi connectivity index (χ3n) is 1.57. The average molecular weight is 196 g/mol. The summed E-state index contributed by atoms with van der Waals surface area (Å²) in [5.74, 6) is 6.05. The van der Waals surface area contributed by atoms with E-state index in [1.807, 2.05) is 0 Å². The van der Waals surface area contributed by atoms with E-state index < -0.39 is 6.43 Å². The van der Waals surface area contributed by atoms with E-state index in [0.717, 1.165) is 6.20 Å². The molecule has 0 bridgehead atoms. The molecule has 1 rings (SSSR count). The third kappa shape index (κ3) is 3.02. The number of anilines is 1. The first-order valence-electron chi connectivity index (χ1n) is 4.11. The van der Waals surface area contributed by atoms with Crippen molar-refractivity contribution in [2.75, 3.05) is 11.9 Å². The largest absolute Gasteiger partial charge is 0.359 e. The first-order valence-corrected chi connectivity index (χ1v) is 4.11. The fourth-order valence-electron chi connectivity index (χ4n) is 0.862. The van der Waals surface area contributed by atoms with Gasteiger partial charge in [0.25, 0.3) is 6.43 Å². The lowest BCUT2D eigenvalue weighted by molar-refractivity contribution is 0.151. The molecule has 0 spiro atoms. The first-order chi connectivity index (χ1) is 6.74. The van der Waals surface area contributed by atoms with Gasteiger partial charge in [-0.15, -0.1) is 5.92 Å². The van der Waals surface area contributed by atoms with Crippen LogP contribution in [0.1, 0.15) is 18.9 Å². The van der Waals surface area contributed by atoms with Crippen molar-refractivity contribution in [1.29, 1.82) is 0 Å². The van der Waals surface area contributed by atoms with E-state index in [1.165, 1.54) is 12.1 Å². The molecule has 1 aromatic heterocycles. The summed E-state index contributed by atoms with van der Waals surface area (Å²) in [7, 11) is 0. The molecule has 74 valence electrons. The minimum absolute atomic E-state index is 0.0721. The maximum Gasteiger partial charge on any atom is 0.265 e. The Morgan fingerprint density at radius 1 is 1.50 bits per heavy atom. The van der Waals surface area contributed by atoms with Gasteiger partial charge in [0.05, 0.1) is 6.54 Å². The minimum atomic E-state index is -2.47. The Bertz CT molecular complexity index is 335. The molecule has 0 amide bonds. The molecule has 0 aliphatic rings. The Balaban J connectivity index is 2.58. The topological polar surface area (TPSA) is 24.9 Å². The number of halogens is 2. The summed E-state index contributed by atoms with van der Waals surface area (Å²) in [6.07, 6.45) is -1.31. The molecule has 0 aromatic carbocycles. The van der Waals surface area contributed by atoms with E-state index >= 15 is 0 Å². The first kappa shape index (κ1) is 10.5. The van der Waals surface area contributed by atoms with Crippen molar-refractivity contribution in [2.24, 2.45) is 0 Å². The summed E-state index contributed by atoms with van der Waals surface area (Å²) in [5, 5.41) is 2.88. The second-order valence-corrected chi connectivity index (χ2v) is 2.56. The zero-order valence-corrected chi connectivity index (χ0v) is 7.72. The predicted molar refractivity (Wildman–Crippen MR) is 51.1 cm³/mol. The molecule has 1 N–H and O–H groups in total. The number of hydrogen-bond acceptors (Lipinski definition) is 2. The van der Waals surface area contributed by atoms with Gasteiger partial charge < -0.3 is 5.32 Å². The van der Waals surface area contributed by atoms with Crippen LogP contribution in [0.25, 0.3) is 0 Å². The van der Waals surface area contributed by atoms with E-state index in [1.54, 1.807) is 6.92 Å². The second-order valence-electron chi connectivity index (χ2n) is 2.56. The van der Waals surface area contributed by atoms with Crippen LogP contribution in [-0.4, -0.2) is 11.5 Å². The summed E-state index contributed by atoms with van der Waals surface area (Å²) in [4.78, 5) is 3.81. The molecule has 0 aliphatic heterocycles. The number of nitrogens with zero attached hydrogens (tertiary/aromatic N) is 1. The minimum Gasteiger partial charge on any atom is -0.359 e. The van der Waals surface area contributed by atoms with Gasteiger partial charge in [-0.05, 0) is 19.1 Å². The van der Waals surface area contributed by atoms with E-state index in [4.69, 9.17) is 0 Å². The van der Waals surface area contributed by atoms with Crippen LogP contribution in [0.4, 0.5) is 14.6 Å². The Labute approximate surface area is 81.4 Å². The van der Waals surface area contributed by atoms with Crippen LogP contribution in [0, 0.1) is 11.8 Å². The standard InChI is InChI=1S/C10H10F2N2/c1-2-3-6-13-9-5-4-8(7-14-9)10(11)12/h4-5,7,10H,6H2,1H3,(H,13,14). The number of aromatic nitrogens is 1. The van der Waals surface area contributed by atoms with Gasteiger partial charge in [-0.1, -0.05) is 5.92 Å². The average Bonchev–Trinajstić information content (AvgIpc) is 2.19. The van der Waals surface area contributed by atoms with Crippen molar-refractivity contribution in [3.63, 3.8) is 0 Å². The van der Waals surface area contributed by atoms with E-state index in [0.29, 0.717) is 12.4 Å². The molecule has 0 atom stereocenters. The van der Waals surface area contributed by atoms with E-state index in [-0.39, 0.29) is 5.56 Å². The summed E-state index contributed by atoms with van der Waals surface area (Å²) in [5.41, 5.74) is -0.0721. The van der Waals surface area contributed by atoms with Gasteiger partial charge in [-0.25, -0.2) is 13.8 Å². The number of pyridine rings is 1. The molecule has 14 heavy (non-hydrogen) atoms. The highest BCUT2D eigenvalue weighted by Crippen LogP contribution is 2.18. The molecule has 1 aromatic rings. The second kappa shape index (κ2) is 5.18. The van der Waals surface area contributed by atoms with Gasteiger partial charge in [0.15, 0.2) is 0 Å². The number of nitrogens with one attached hydrogen (secondary N) is 1. The number of rotatable bonds is 3. The van der Waals surface area contributed by atoms with Crippen LogP contribution < -0.4 is 5.32 Å². The van der Waals surface area contributed by atoms with Crippen LogP contribution in [0.2, 0.25) is 0 Å². The van der Waals surface area contributed by atoms with Crippen molar-refractivity contribution in [3.05, 3.63) is 23.9 Å². The van der Waals surface area contributed by atoms with Crippen LogP contribution in [0.3, 0.4) is 0 Å². The molecular formula is C10H10F2N2. The van der Waals surface area contributed by atoms with Gasteiger partial charge in [-0.2, -0.15) is 0 Å². The maximum atomic E-state index is 12.1. The lowest BCUT2D eigenvalue weighted by atomic mass is 10.3. The SMILES string of the molecule is CC#CCNc1ccc(C(F)F)cn1. The molecule has 4 heteroatoms. The molecule has 0 fully saturated rings.